The largest absolute Gasteiger partial charge is 0.508 e. The molecule has 2 atom stereocenters. The third kappa shape index (κ3) is 7.43. The van der Waals surface area contributed by atoms with Crippen LogP contribution in [-0.4, -0.2) is 37.7 Å². The summed E-state index contributed by atoms with van der Waals surface area (Å²) in [7, 11) is 0. The van der Waals surface area contributed by atoms with E-state index >= 15 is 0 Å². The van der Waals surface area contributed by atoms with Gasteiger partial charge in [0.25, 0.3) is 0 Å². The van der Waals surface area contributed by atoms with Crippen LogP contribution in [-0.2, 0) is 18.9 Å². The van der Waals surface area contributed by atoms with E-state index in [9.17, 15) is 9.59 Å². The molecule has 0 aliphatic rings. The van der Waals surface area contributed by atoms with Crippen molar-refractivity contribution in [3.05, 3.63) is 6.92 Å². The number of carbonyl (C=O) groups is 2. The molecule has 6 nitrogen and oxygen atoms in total. The zero-order valence-electron chi connectivity index (χ0n) is 10.4. The van der Waals surface area contributed by atoms with Gasteiger partial charge in [-0.1, -0.05) is 6.92 Å². The number of carbonyl (C=O) groups excluding carboxylic acids is 2. The fourth-order valence-electron chi connectivity index (χ4n) is 0.818. The van der Waals surface area contributed by atoms with Crippen LogP contribution in [0.5, 0.6) is 0 Å². The molecule has 0 bridgehead atoms. The molecule has 6 heteroatoms. The molecule has 0 aromatic rings. The van der Waals surface area contributed by atoms with Gasteiger partial charge in [0.1, 0.15) is 12.2 Å². The number of rotatable bonds is 6. The quantitative estimate of drug-likeness (QED) is 0.671. The molecule has 0 fully saturated rings. The van der Waals surface area contributed by atoms with Gasteiger partial charge >= 0.3 is 12.3 Å². The summed E-state index contributed by atoms with van der Waals surface area (Å²) >= 11 is 0. The van der Waals surface area contributed by atoms with Crippen molar-refractivity contribution in [2.24, 2.45) is 0 Å². The maximum atomic E-state index is 11.1. The molecule has 0 spiro atoms. The Morgan fingerprint density at radius 2 is 1.71 bits per heavy atom. The van der Waals surface area contributed by atoms with Crippen LogP contribution in [0.25, 0.3) is 0 Å². The molecule has 17 heavy (non-hydrogen) atoms. The Labute approximate surface area is 101 Å². The summed E-state index contributed by atoms with van der Waals surface area (Å²) in [4.78, 5) is 22.0. The summed E-state index contributed by atoms with van der Waals surface area (Å²) in [6.45, 7) is 9.10. The smallest absolute Gasteiger partial charge is 0.435 e. The zero-order chi connectivity index (χ0) is 13.3. The van der Waals surface area contributed by atoms with Crippen molar-refractivity contribution in [3.8, 4) is 0 Å². The lowest BCUT2D eigenvalue weighted by Crippen LogP contribution is -2.31. The second-order valence-corrected chi connectivity index (χ2v) is 3.26. The van der Waals surface area contributed by atoms with Crippen molar-refractivity contribution >= 4 is 12.3 Å². The molecule has 0 rings (SSSR count). The van der Waals surface area contributed by atoms with Gasteiger partial charge in [0.15, 0.2) is 0 Å². The first-order valence-electron chi connectivity index (χ1n) is 5.51. The first-order chi connectivity index (χ1) is 8.01. The van der Waals surface area contributed by atoms with Crippen LogP contribution in [0.15, 0.2) is 0 Å². The van der Waals surface area contributed by atoms with Crippen molar-refractivity contribution in [2.75, 3.05) is 13.2 Å². The Bertz CT molecular complexity index is 240. The predicted molar refractivity (Wildman–Crippen MR) is 59.4 cm³/mol. The number of hydrogen-bond acceptors (Lipinski definition) is 6. The van der Waals surface area contributed by atoms with Crippen molar-refractivity contribution in [3.63, 3.8) is 0 Å². The van der Waals surface area contributed by atoms with E-state index in [1.54, 1.807) is 13.8 Å². The van der Waals surface area contributed by atoms with Crippen LogP contribution in [0.1, 0.15) is 27.2 Å². The summed E-state index contributed by atoms with van der Waals surface area (Å²) in [5.74, 6) is 0. The van der Waals surface area contributed by atoms with Crippen LogP contribution in [0.4, 0.5) is 9.59 Å². The van der Waals surface area contributed by atoms with Crippen molar-refractivity contribution in [1.29, 1.82) is 0 Å². The fourth-order valence-corrected chi connectivity index (χ4v) is 0.818. The molecule has 0 saturated carbocycles. The minimum absolute atomic E-state index is 0.215. The van der Waals surface area contributed by atoms with Gasteiger partial charge in [-0.05, 0) is 27.2 Å². The van der Waals surface area contributed by atoms with Gasteiger partial charge in [0, 0.05) is 0 Å². The van der Waals surface area contributed by atoms with Gasteiger partial charge in [-0.15, -0.1) is 0 Å². The van der Waals surface area contributed by atoms with Crippen molar-refractivity contribution in [1.82, 2.24) is 0 Å². The summed E-state index contributed by atoms with van der Waals surface area (Å²) in [5.41, 5.74) is 0. The maximum absolute atomic E-state index is 11.1. The van der Waals surface area contributed by atoms with E-state index in [0.29, 0.717) is 6.42 Å². The lowest BCUT2D eigenvalue weighted by atomic mass is 10.2. The average Bonchev–Trinajstić information content (AvgIpc) is 2.26. The topological polar surface area (TPSA) is 71.1 Å². The van der Waals surface area contributed by atoms with E-state index in [1.807, 2.05) is 6.92 Å². The van der Waals surface area contributed by atoms with Gasteiger partial charge in [0.2, 0.25) is 0 Å². The third-order valence-electron chi connectivity index (χ3n) is 1.74. The van der Waals surface area contributed by atoms with E-state index in [0.717, 1.165) is 0 Å². The van der Waals surface area contributed by atoms with E-state index in [-0.39, 0.29) is 13.2 Å². The minimum Gasteiger partial charge on any atom is -0.435 e. The first-order valence-corrected chi connectivity index (χ1v) is 5.51. The summed E-state index contributed by atoms with van der Waals surface area (Å²) < 4.78 is 18.9. The van der Waals surface area contributed by atoms with Crippen LogP contribution in [0.2, 0.25) is 0 Å². The molecule has 1 radical (unpaired) electrons. The second kappa shape index (κ2) is 8.66. The van der Waals surface area contributed by atoms with E-state index in [2.05, 4.69) is 11.7 Å². The lowest BCUT2D eigenvalue weighted by Gasteiger charge is -2.19. The maximum Gasteiger partial charge on any atom is 0.508 e. The standard InChI is InChI=1S/C11H19O6/c1-5-7-15-11(13)17-9(4)8(3)16-10(12)14-6-2/h8-9H,4-7H2,1-3H3. The van der Waals surface area contributed by atoms with Crippen LogP contribution >= 0.6 is 0 Å². The first kappa shape index (κ1) is 15.5. The van der Waals surface area contributed by atoms with Crippen LogP contribution in [0, 0.1) is 6.92 Å². The molecular formula is C11H19O6. The highest BCUT2D eigenvalue weighted by atomic mass is 16.8. The predicted octanol–water partition coefficient (Wildman–Crippen LogP) is 2.31. The molecule has 0 aliphatic heterocycles. The Morgan fingerprint density at radius 1 is 1.12 bits per heavy atom. The molecular weight excluding hydrogens is 228 g/mol. The molecule has 2 unspecified atom stereocenters. The molecule has 0 N–H and O–H groups in total. The minimum atomic E-state index is -0.844. The van der Waals surface area contributed by atoms with Gasteiger partial charge in [-0.2, -0.15) is 0 Å². The van der Waals surface area contributed by atoms with E-state index in [1.165, 1.54) is 0 Å². The number of ether oxygens (including phenoxy) is 4. The highest BCUT2D eigenvalue weighted by molar-refractivity contribution is 5.61. The molecule has 0 aromatic carbocycles. The van der Waals surface area contributed by atoms with Crippen LogP contribution < -0.4 is 0 Å². The summed E-state index contributed by atoms with van der Waals surface area (Å²) in [6, 6.07) is 0. The van der Waals surface area contributed by atoms with Gasteiger partial charge in [-0.3, -0.25) is 0 Å². The monoisotopic (exact) mass is 247 g/mol. The molecule has 0 saturated heterocycles. The van der Waals surface area contributed by atoms with Gasteiger partial charge in [-0.25, -0.2) is 9.59 Å². The summed E-state index contributed by atoms with van der Waals surface area (Å²) in [5, 5.41) is 0. The number of hydrogen-bond donors (Lipinski definition) is 0. The van der Waals surface area contributed by atoms with E-state index in [4.69, 9.17) is 14.2 Å². The van der Waals surface area contributed by atoms with Gasteiger partial charge in [0.05, 0.1) is 13.2 Å². The third-order valence-corrected chi connectivity index (χ3v) is 1.74. The Kier molecular flexibility index (Phi) is 7.92. The molecule has 0 aliphatic carbocycles. The van der Waals surface area contributed by atoms with Crippen molar-refractivity contribution < 1.29 is 28.5 Å². The highest BCUT2D eigenvalue weighted by Crippen LogP contribution is 2.05. The Morgan fingerprint density at radius 3 is 2.24 bits per heavy atom. The van der Waals surface area contributed by atoms with Crippen molar-refractivity contribution in [2.45, 2.75) is 39.4 Å². The van der Waals surface area contributed by atoms with Crippen LogP contribution in [0.3, 0.4) is 0 Å². The summed E-state index contributed by atoms with van der Waals surface area (Å²) in [6.07, 6.45) is -2.50. The van der Waals surface area contributed by atoms with Gasteiger partial charge < -0.3 is 18.9 Å². The lowest BCUT2D eigenvalue weighted by molar-refractivity contribution is -0.0338. The second-order valence-electron chi connectivity index (χ2n) is 3.26. The molecule has 0 amide bonds. The Balaban J connectivity index is 3.91. The fraction of sp³-hybridized carbons (Fsp3) is 0.727. The SMILES string of the molecule is [CH2]C(OC(=O)OCCC)C(C)OC(=O)OCC. The molecule has 0 heterocycles. The average molecular weight is 247 g/mol. The van der Waals surface area contributed by atoms with E-state index < -0.39 is 24.5 Å². The highest BCUT2D eigenvalue weighted by Gasteiger charge is 2.21. The molecule has 0 aromatic heterocycles. The normalized spacial score (nSPS) is 13.4. The zero-order valence-corrected chi connectivity index (χ0v) is 10.4. The molecule has 99 valence electrons. The Hall–Kier alpha value is -1.46.